The monoisotopic (exact) mass is 416 g/mol. The van der Waals surface area contributed by atoms with E-state index >= 15 is 0 Å². The van der Waals surface area contributed by atoms with Gasteiger partial charge in [0.25, 0.3) is 0 Å². The largest absolute Gasteiger partial charge is 0.369 e. The number of hydrogen-bond donors (Lipinski definition) is 1. The van der Waals surface area contributed by atoms with Crippen molar-refractivity contribution in [3.8, 4) is 0 Å². The van der Waals surface area contributed by atoms with Crippen LogP contribution in [0, 0.1) is 5.41 Å². The van der Waals surface area contributed by atoms with Crippen LogP contribution in [-0.2, 0) is 12.5 Å². The quantitative estimate of drug-likeness (QED) is 0.708. The van der Waals surface area contributed by atoms with Crippen LogP contribution < -0.4 is 5.32 Å². The average molecular weight is 417 g/mol. The molecule has 1 N–H and O–H groups in total. The van der Waals surface area contributed by atoms with E-state index in [1.54, 1.807) is 0 Å². The number of fused-ring (bicyclic) bond motifs is 3. The molecule has 3 fully saturated rings. The van der Waals surface area contributed by atoms with E-state index < -0.39 is 0 Å². The van der Waals surface area contributed by atoms with E-state index in [1.165, 1.54) is 49.9 Å². The van der Waals surface area contributed by atoms with Crippen LogP contribution >= 0.6 is 15.9 Å². The Morgan fingerprint density at radius 3 is 2.42 bits per heavy atom. The van der Waals surface area contributed by atoms with Crippen LogP contribution in [0.5, 0.6) is 0 Å². The molecule has 5 rings (SSSR count). The highest BCUT2D eigenvalue weighted by atomic mass is 79.9. The third kappa shape index (κ3) is 3.19. The smallest absolute Gasteiger partial charge is 0.127 e. The zero-order valence-corrected chi connectivity index (χ0v) is 17.6. The maximum atomic E-state index is 4.79. The molecule has 0 aliphatic heterocycles. The van der Waals surface area contributed by atoms with Crippen molar-refractivity contribution in [3.05, 3.63) is 40.3 Å². The lowest BCUT2D eigenvalue weighted by Crippen LogP contribution is -2.47. The number of halogens is 1. The summed E-state index contributed by atoms with van der Waals surface area (Å²) in [7, 11) is 2.13. The Morgan fingerprint density at radius 2 is 1.85 bits per heavy atom. The van der Waals surface area contributed by atoms with Gasteiger partial charge in [-0.1, -0.05) is 29.8 Å². The number of nitrogens with one attached hydrogen (secondary N) is 1. The van der Waals surface area contributed by atoms with E-state index in [0.717, 1.165) is 16.8 Å². The third-order valence-corrected chi connectivity index (χ3v) is 7.29. The van der Waals surface area contributed by atoms with Crippen molar-refractivity contribution < 1.29 is 0 Å². The summed E-state index contributed by atoms with van der Waals surface area (Å²) in [5.74, 6) is 1.48. The molecule has 5 heteroatoms. The Hall–Kier alpha value is -1.36. The van der Waals surface area contributed by atoms with Gasteiger partial charge in [0.05, 0.1) is 5.69 Å². The number of aryl methyl sites for hydroxylation is 1. The summed E-state index contributed by atoms with van der Waals surface area (Å²) >= 11 is 3.53. The van der Waals surface area contributed by atoms with E-state index in [1.807, 2.05) is 12.3 Å². The first kappa shape index (κ1) is 18.0. The molecule has 3 aliphatic carbocycles. The molecule has 0 atom stereocenters. The molecule has 0 radical (unpaired) electrons. The van der Waals surface area contributed by atoms with E-state index in [2.05, 4.69) is 63.9 Å². The predicted molar refractivity (Wildman–Crippen MR) is 110 cm³/mol. The Kier molecular flexibility index (Phi) is 4.62. The maximum absolute atomic E-state index is 4.79. The molecule has 0 aromatic carbocycles. The topological polar surface area (TPSA) is 42.7 Å². The van der Waals surface area contributed by atoms with Gasteiger partial charge in [0.1, 0.15) is 5.82 Å². The number of aromatic nitrogens is 3. The van der Waals surface area contributed by atoms with Gasteiger partial charge >= 0.3 is 0 Å². The molecule has 3 saturated carbocycles. The summed E-state index contributed by atoms with van der Waals surface area (Å²) in [6, 6.07) is 6.42. The summed E-state index contributed by atoms with van der Waals surface area (Å²) in [4.78, 5) is 4.44. The third-order valence-electron chi connectivity index (χ3n) is 6.80. The first-order valence-corrected chi connectivity index (χ1v) is 10.6. The van der Waals surface area contributed by atoms with Crippen LogP contribution in [-0.4, -0.2) is 21.3 Å². The van der Waals surface area contributed by atoms with E-state index in [4.69, 9.17) is 5.10 Å². The molecule has 2 bridgehead atoms. The molecule has 2 aromatic heterocycles. The number of anilines is 1. The van der Waals surface area contributed by atoms with Crippen LogP contribution in [0.25, 0.3) is 0 Å². The lowest BCUT2D eigenvalue weighted by Gasteiger charge is -2.53. The minimum absolute atomic E-state index is 0.352. The number of nitrogens with zero attached hydrogens (tertiary/aromatic N) is 3. The van der Waals surface area contributed by atoms with Gasteiger partial charge < -0.3 is 5.32 Å². The molecule has 0 spiro atoms. The van der Waals surface area contributed by atoms with Crippen LogP contribution in [0.4, 0.5) is 5.82 Å². The SMILES string of the molecule is CC(C)c1cc(C23CCC(CNc4cc(Br)ccn4)(CC2)CC3)n(C)n1. The van der Waals surface area contributed by atoms with Gasteiger partial charge in [0, 0.05) is 35.4 Å². The molecule has 0 unspecified atom stereocenters. The zero-order chi connectivity index (χ0) is 18.4. The molecular formula is C21H29BrN4. The Morgan fingerprint density at radius 1 is 1.15 bits per heavy atom. The fourth-order valence-electron chi connectivity index (χ4n) is 4.96. The highest BCUT2D eigenvalue weighted by Crippen LogP contribution is 2.57. The molecule has 140 valence electrons. The minimum Gasteiger partial charge on any atom is -0.369 e. The molecule has 26 heavy (non-hydrogen) atoms. The predicted octanol–water partition coefficient (Wildman–Crippen LogP) is 5.41. The number of rotatable bonds is 5. The summed E-state index contributed by atoms with van der Waals surface area (Å²) in [5.41, 5.74) is 3.49. The van der Waals surface area contributed by atoms with E-state index in [-0.39, 0.29) is 0 Å². The summed E-state index contributed by atoms with van der Waals surface area (Å²) in [6.45, 7) is 5.51. The van der Waals surface area contributed by atoms with Crippen molar-refractivity contribution in [3.63, 3.8) is 0 Å². The highest BCUT2D eigenvalue weighted by molar-refractivity contribution is 9.10. The zero-order valence-electron chi connectivity index (χ0n) is 16.1. The summed E-state index contributed by atoms with van der Waals surface area (Å²) in [5, 5.41) is 8.38. The second-order valence-electron chi connectivity index (χ2n) is 8.73. The Bertz CT molecular complexity index is 771. The normalized spacial score (nSPS) is 27.9. The molecular weight excluding hydrogens is 388 g/mol. The standard InChI is InChI=1S/C21H29BrN4/c1-15(2)17-13-18(26(3)25-17)21-8-5-20(6-9-21,7-10-21)14-24-19-12-16(22)4-11-23-19/h4,11-13,15H,5-10,14H2,1-3H3,(H,23,24). The van der Waals surface area contributed by atoms with Gasteiger partial charge in [-0.3, -0.25) is 4.68 Å². The molecule has 2 aromatic rings. The average Bonchev–Trinajstić information content (AvgIpc) is 3.05. The van der Waals surface area contributed by atoms with Crippen molar-refractivity contribution >= 4 is 21.7 Å². The van der Waals surface area contributed by atoms with Crippen LogP contribution in [0.2, 0.25) is 0 Å². The van der Waals surface area contributed by atoms with Crippen molar-refractivity contribution in [1.29, 1.82) is 0 Å². The van der Waals surface area contributed by atoms with Crippen molar-refractivity contribution in [2.24, 2.45) is 12.5 Å². The Labute approximate surface area is 164 Å². The van der Waals surface area contributed by atoms with Crippen LogP contribution in [0.3, 0.4) is 0 Å². The van der Waals surface area contributed by atoms with Crippen LogP contribution in [0.15, 0.2) is 28.9 Å². The first-order chi connectivity index (χ1) is 12.4. The van der Waals surface area contributed by atoms with Gasteiger partial charge in [-0.2, -0.15) is 5.10 Å². The second kappa shape index (κ2) is 6.66. The molecule has 3 aliphatic rings. The van der Waals surface area contributed by atoms with Gasteiger partial charge in [-0.25, -0.2) is 4.98 Å². The minimum atomic E-state index is 0.352. The highest BCUT2D eigenvalue weighted by Gasteiger charge is 2.50. The van der Waals surface area contributed by atoms with Gasteiger partial charge in [0.15, 0.2) is 0 Å². The lowest BCUT2D eigenvalue weighted by atomic mass is 9.52. The number of pyridine rings is 1. The van der Waals surface area contributed by atoms with Crippen LogP contribution in [0.1, 0.15) is 69.7 Å². The van der Waals surface area contributed by atoms with E-state index in [9.17, 15) is 0 Å². The fraction of sp³-hybridized carbons (Fsp3) is 0.619. The van der Waals surface area contributed by atoms with Gasteiger partial charge in [-0.05, 0) is 68.1 Å². The van der Waals surface area contributed by atoms with Crippen molar-refractivity contribution in [1.82, 2.24) is 14.8 Å². The fourth-order valence-corrected chi connectivity index (χ4v) is 5.30. The first-order valence-electron chi connectivity index (χ1n) is 9.81. The van der Waals surface area contributed by atoms with E-state index in [0.29, 0.717) is 16.7 Å². The summed E-state index contributed by atoms with van der Waals surface area (Å²) in [6.07, 6.45) is 9.63. The Balaban J connectivity index is 1.46. The second-order valence-corrected chi connectivity index (χ2v) is 9.64. The van der Waals surface area contributed by atoms with Crippen molar-refractivity contribution in [2.75, 3.05) is 11.9 Å². The molecule has 2 heterocycles. The molecule has 0 amide bonds. The van der Waals surface area contributed by atoms with Gasteiger partial charge in [-0.15, -0.1) is 0 Å². The molecule has 0 saturated heterocycles. The van der Waals surface area contributed by atoms with Gasteiger partial charge in [0.2, 0.25) is 0 Å². The number of hydrogen-bond acceptors (Lipinski definition) is 3. The maximum Gasteiger partial charge on any atom is 0.127 e. The molecule has 4 nitrogen and oxygen atoms in total. The van der Waals surface area contributed by atoms with Crippen molar-refractivity contribution in [2.45, 2.75) is 63.7 Å². The lowest BCUT2D eigenvalue weighted by molar-refractivity contribution is 0.0462. The summed E-state index contributed by atoms with van der Waals surface area (Å²) < 4.78 is 3.24.